The van der Waals surface area contributed by atoms with Gasteiger partial charge in [-0.25, -0.2) is 13.2 Å². The molecular weight excluding hydrogens is 314 g/mol. The molecule has 128 valence electrons. The number of aryl methyl sites for hydroxylation is 2. The maximum atomic E-state index is 12.8. The van der Waals surface area contributed by atoms with E-state index in [1.165, 1.54) is 4.31 Å². The molecule has 2 amide bonds. The first-order valence-electron chi connectivity index (χ1n) is 7.84. The van der Waals surface area contributed by atoms with Crippen LogP contribution in [0.1, 0.15) is 25.0 Å². The maximum Gasteiger partial charge on any atom is 0.317 e. The first-order chi connectivity index (χ1) is 10.7. The van der Waals surface area contributed by atoms with E-state index in [0.717, 1.165) is 11.1 Å². The average molecular weight is 339 g/mol. The highest BCUT2D eigenvalue weighted by molar-refractivity contribution is 7.89. The summed E-state index contributed by atoms with van der Waals surface area (Å²) in [6.45, 7) is 9.01. The van der Waals surface area contributed by atoms with Crippen molar-refractivity contribution in [3.63, 3.8) is 0 Å². The van der Waals surface area contributed by atoms with Gasteiger partial charge in [0.2, 0.25) is 10.0 Å². The molecule has 1 aliphatic rings. The summed E-state index contributed by atoms with van der Waals surface area (Å²) in [5.41, 5.74) is 1.79. The molecule has 0 bridgehead atoms. The molecule has 7 heteroatoms. The van der Waals surface area contributed by atoms with E-state index in [-0.39, 0.29) is 12.1 Å². The van der Waals surface area contributed by atoms with Crippen LogP contribution in [0.2, 0.25) is 0 Å². The number of hydrogen-bond acceptors (Lipinski definition) is 3. The number of amides is 2. The van der Waals surface area contributed by atoms with E-state index in [9.17, 15) is 13.2 Å². The molecule has 0 aromatic heterocycles. The lowest BCUT2D eigenvalue weighted by Gasteiger charge is -2.34. The third kappa shape index (κ3) is 4.03. The summed E-state index contributed by atoms with van der Waals surface area (Å²) in [5.74, 6) is 0. The van der Waals surface area contributed by atoms with Gasteiger partial charge in [-0.15, -0.1) is 0 Å². The average Bonchev–Trinajstić information content (AvgIpc) is 2.46. The summed E-state index contributed by atoms with van der Waals surface area (Å²) < 4.78 is 27.0. The van der Waals surface area contributed by atoms with Gasteiger partial charge in [-0.3, -0.25) is 0 Å². The first kappa shape index (κ1) is 17.7. The molecule has 0 aliphatic carbocycles. The molecule has 23 heavy (non-hydrogen) atoms. The van der Waals surface area contributed by atoms with Gasteiger partial charge in [0.05, 0.1) is 4.90 Å². The number of hydrogen-bond donors (Lipinski definition) is 1. The fraction of sp³-hybridized carbons (Fsp3) is 0.562. The Hall–Kier alpha value is -1.60. The van der Waals surface area contributed by atoms with Gasteiger partial charge in [0, 0.05) is 32.2 Å². The number of nitrogens with one attached hydrogen (secondary N) is 1. The van der Waals surface area contributed by atoms with Crippen molar-refractivity contribution in [1.29, 1.82) is 0 Å². The van der Waals surface area contributed by atoms with Gasteiger partial charge >= 0.3 is 6.03 Å². The number of carbonyl (C=O) groups is 1. The zero-order valence-corrected chi connectivity index (χ0v) is 15.0. The van der Waals surface area contributed by atoms with Crippen LogP contribution in [0.5, 0.6) is 0 Å². The summed E-state index contributed by atoms with van der Waals surface area (Å²) in [7, 11) is -3.51. The van der Waals surface area contributed by atoms with E-state index < -0.39 is 10.0 Å². The van der Waals surface area contributed by atoms with E-state index in [4.69, 9.17) is 0 Å². The SMILES string of the molecule is Cc1ccc(S(=O)(=O)N2CCN(C(=O)NC(C)C)CC2)c(C)c1. The van der Waals surface area contributed by atoms with Crippen LogP contribution in [-0.4, -0.2) is 55.9 Å². The van der Waals surface area contributed by atoms with Crippen LogP contribution < -0.4 is 5.32 Å². The van der Waals surface area contributed by atoms with Crippen molar-refractivity contribution in [1.82, 2.24) is 14.5 Å². The van der Waals surface area contributed by atoms with Crippen molar-refractivity contribution >= 4 is 16.1 Å². The summed E-state index contributed by atoms with van der Waals surface area (Å²) in [4.78, 5) is 14.0. The van der Waals surface area contributed by atoms with E-state index in [1.54, 1.807) is 11.0 Å². The van der Waals surface area contributed by atoms with Gasteiger partial charge in [0.25, 0.3) is 0 Å². The number of rotatable bonds is 3. The predicted octanol–water partition coefficient (Wildman–Crippen LogP) is 1.73. The third-order valence-electron chi connectivity index (χ3n) is 3.89. The first-order valence-corrected chi connectivity index (χ1v) is 9.28. The Morgan fingerprint density at radius 2 is 1.74 bits per heavy atom. The molecule has 0 spiro atoms. The number of piperazine rings is 1. The predicted molar refractivity (Wildman–Crippen MR) is 89.9 cm³/mol. The van der Waals surface area contributed by atoms with E-state index in [0.29, 0.717) is 31.1 Å². The largest absolute Gasteiger partial charge is 0.336 e. The molecule has 6 nitrogen and oxygen atoms in total. The fourth-order valence-corrected chi connectivity index (χ4v) is 4.33. The fourth-order valence-electron chi connectivity index (χ4n) is 2.70. The highest BCUT2D eigenvalue weighted by atomic mass is 32.2. The molecule has 0 radical (unpaired) electrons. The zero-order valence-electron chi connectivity index (χ0n) is 14.2. The van der Waals surface area contributed by atoms with E-state index >= 15 is 0 Å². The number of carbonyl (C=O) groups excluding carboxylic acids is 1. The molecule has 0 atom stereocenters. The minimum absolute atomic E-state index is 0.0690. The molecule has 1 aliphatic heterocycles. The molecule has 0 unspecified atom stereocenters. The van der Waals surface area contributed by atoms with Crippen LogP contribution >= 0.6 is 0 Å². The number of benzene rings is 1. The Morgan fingerprint density at radius 3 is 2.26 bits per heavy atom. The number of sulfonamides is 1. The second-order valence-electron chi connectivity index (χ2n) is 6.26. The van der Waals surface area contributed by atoms with Gasteiger partial charge < -0.3 is 10.2 Å². The normalized spacial score (nSPS) is 16.7. The molecule has 1 aromatic rings. The van der Waals surface area contributed by atoms with Crippen molar-refractivity contribution in [2.75, 3.05) is 26.2 Å². The molecule has 1 heterocycles. The Bertz CT molecular complexity index is 678. The lowest BCUT2D eigenvalue weighted by molar-refractivity contribution is 0.170. The lowest BCUT2D eigenvalue weighted by atomic mass is 10.2. The van der Waals surface area contributed by atoms with Crippen LogP contribution in [0.15, 0.2) is 23.1 Å². The van der Waals surface area contributed by atoms with Crippen molar-refractivity contribution in [2.24, 2.45) is 0 Å². The second-order valence-corrected chi connectivity index (χ2v) is 8.17. The van der Waals surface area contributed by atoms with Crippen molar-refractivity contribution in [3.8, 4) is 0 Å². The summed E-state index contributed by atoms with van der Waals surface area (Å²) >= 11 is 0. The molecule has 1 aromatic carbocycles. The number of urea groups is 1. The number of nitrogens with zero attached hydrogens (tertiary/aromatic N) is 2. The Morgan fingerprint density at radius 1 is 1.13 bits per heavy atom. The van der Waals surface area contributed by atoms with Crippen LogP contribution in [0.25, 0.3) is 0 Å². The second kappa shape index (κ2) is 6.88. The standard InChI is InChI=1S/C16H25N3O3S/c1-12(2)17-16(20)18-7-9-19(10-8-18)23(21,22)15-6-5-13(3)11-14(15)4/h5-6,11-12H,7-10H2,1-4H3,(H,17,20). The minimum Gasteiger partial charge on any atom is -0.336 e. The van der Waals surface area contributed by atoms with Gasteiger partial charge in [-0.1, -0.05) is 17.7 Å². The van der Waals surface area contributed by atoms with Gasteiger partial charge in [0.1, 0.15) is 0 Å². The quantitative estimate of drug-likeness (QED) is 0.912. The van der Waals surface area contributed by atoms with Crippen molar-refractivity contribution in [2.45, 2.75) is 38.6 Å². The highest BCUT2D eigenvalue weighted by Gasteiger charge is 2.31. The molecule has 1 N–H and O–H groups in total. The monoisotopic (exact) mass is 339 g/mol. The molecule has 0 saturated carbocycles. The maximum absolute atomic E-state index is 12.8. The van der Waals surface area contributed by atoms with Crippen LogP contribution in [0.4, 0.5) is 4.79 Å². The molecule has 2 rings (SSSR count). The van der Waals surface area contributed by atoms with Crippen LogP contribution in [-0.2, 0) is 10.0 Å². The lowest BCUT2D eigenvalue weighted by Crippen LogP contribution is -2.54. The summed E-state index contributed by atoms with van der Waals surface area (Å²) in [6, 6.07) is 5.28. The molecule has 1 saturated heterocycles. The van der Waals surface area contributed by atoms with Gasteiger partial charge in [-0.2, -0.15) is 4.31 Å². The van der Waals surface area contributed by atoms with Gasteiger partial charge in [-0.05, 0) is 39.3 Å². The van der Waals surface area contributed by atoms with Gasteiger partial charge in [0.15, 0.2) is 0 Å². The Kier molecular flexibility index (Phi) is 5.31. The third-order valence-corrected chi connectivity index (χ3v) is 5.95. The Balaban J connectivity index is 2.08. The van der Waals surface area contributed by atoms with Crippen LogP contribution in [0.3, 0.4) is 0 Å². The minimum atomic E-state index is -3.51. The van der Waals surface area contributed by atoms with E-state index in [1.807, 2.05) is 39.8 Å². The van der Waals surface area contributed by atoms with Crippen LogP contribution in [0, 0.1) is 13.8 Å². The summed E-state index contributed by atoms with van der Waals surface area (Å²) in [6.07, 6.45) is 0. The highest BCUT2D eigenvalue weighted by Crippen LogP contribution is 2.22. The molecular formula is C16H25N3O3S. The topological polar surface area (TPSA) is 69.7 Å². The smallest absolute Gasteiger partial charge is 0.317 e. The Labute approximate surface area is 138 Å². The van der Waals surface area contributed by atoms with Crippen molar-refractivity contribution in [3.05, 3.63) is 29.3 Å². The van der Waals surface area contributed by atoms with E-state index in [2.05, 4.69) is 5.32 Å². The summed E-state index contributed by atoms with van der Waals surface area (Å²) in [5, 5.41) is 2.83. The van der Waals surface area contributed by atoms with Crippen molar-refractivity contribution < 1.29 is 13.2 Å². The zero-order chi connectivity index (χ0) is 17.2. The molecule has 1 fully saturated rings.